The largest absolute Gasteiger partial charge is 0.350 e. The van der Waals surface area contributed by atoms with E-state index in [0.717, 1.165) is 32.1 Å². The van der Waals surface area contributed by atoms with Crippen LogP contribution < -0.4 is 10.6 Å². The Hall–Kier alpha value is -2.97. The van der Waals surface area contributed by atoms with Gasteiger partial charge in [-0.25, -0.2) is 8.42 Å². The first kappa shape index (κ1) is 23.8. The number of carbonyl (C=O) groups is 2. The number of piperidine rings is 1. The fourth-order valence-electron chi connectivity index (χ4n) is 5.80. The summed E-state index contributed by atoms with van der Waals surface area (Å²) in [6.45, 7) is 3.86. The lowest BCUT2D eigenvalue weighted by Crippen LogP contribution is -2.63. The maximum atomic E-state index is 13.6. The van der Waals surface area contributed by atoms with Crippen molar-refractivity contribution in [3.8, 4) is 0 Å². The van der Waals surface area contributed by atoms with Crippen LogP contribution in [0.2, 0.25) is 0 Å². The molecule has 1 atom stereocenters. The van der Waals surface area contributed by atoms with Crippen LogP contribution in [-0.4, -0.2) is 48.7 Å². The molecule has 2 amide bonds. The third-order valence-corrected chi connectivity index (χ3v) is 9.76. The third-order valence-electron chi connectivity index (χ3n) is 7.74. The minimum Gasteiger partial charge on any atom is -0.350 e. The second kappa shape index (κ2) is 9.24. The summed E-state index contributed by atoms with van der Waals surface area (Å²) in [6, 6.07) is 14.4. The maximum absolute atomic E-state index is 13.6. The number of hydrogen-bond donors (Lipinski definition) is 2. The molecule has 1 saturated heterocycles. The second-order valence-electron chi connectivity index (χ2n) is 9.93. The number of hydrogen-bond acceptors (Lipinski definition) is 4. The Morgan fingerprint density at radius 2 is 1.63 bits per heavy atom. The molecule has 1 unspecified atom stereocenters. The summed E-state index contributed by atoms with van der Waals surface area (Å²) in [4.78, 5) is 24.8. The van der Waals surface area contributed by atoms with Crippen molar-refractivity contribution in [1.82, 2.24) is 14.9 Å². The highest BCUT2D eigenvalue weighted by atomic mass is 32.2. The Kier molecular flexibility index (Phi) is 6.27. The summed E-state index contributed by atoms with van der Waals surface area (Å²) in [7, 11) is -3.72. The Morgan fingerprint density at radius 3 is 2.20 bits per heavy atom. The zero-order valence-corrected chi connectivity index (χ0v) is 20.5. The van der Waals surface area contributed by atoms with Gasteiger partial charge in [0.05, 0.1) is 4.90 Å². The molecule has 0 bridgehead atoms. The van der Waals surface area contributed by atoms with Gasteiger partial charge in [0.15, 0.2) is 0 Å². The van der Waals surface area contributed by atoms with Gasteiger partial charge in [-0.3, -0.25) is 9.59 Å². The van der Waals surface area contributed by atoms with Gasteiger partial charge < -0.3 is 10.6 Å². The lowest BCUT2D eigenvalue weighted by molar-refractivity contribution is -0.117. The Labute approximate surface area is 206 Å². The van der Waals surface area contributed by atoms with Crippen LogP contribution in [-0.2, 0) is 27.7 Å². The molecule has 184 valence electrons. The van der Waals surface area contributed by atoms with Gasteiger partial charge in [0, 0.05) is 29.7 Å². The van der Waals surface area contributed by atoms with Gasteiger partial charge in [0.1, 0.15) is 0 Å². The van der Waals surface area contributed by atoms with Crippen molar-refractivity contribution < 1.29 is 18.0 Å². The van der Waals surface area contributed by atoms with Crippen LogP contribution >= 0.6 is 0 Å². The van der Waals surface area contributed by atoms with Gasteiger partial charge >= 0.3 is 0 Å². The number of amides is 2. The molecule has 8 heteroatoms. The van der Waals surface area contributed by atoms with E-state index < -0.39 is 15.6 Å². The minimum absolute atomic E-state index is 0.0460. The molecule has 2 aromatic carbocycles. The van der Waals surface area contributed by atoms with Crippen LogP contribution in [0.1, 0.15) is 53.6 Å². The Bertz CT molecular complexity index is 1230. The van der Waals surface area contributed by atoms with Gasteiger partial charge in [-0.2, -0.15) is 4.31 Å². The number of nitrogens with one attached hydrogen (secondary N) is 2. The van der Waals surface area contributed by atoms with Crippen LogP contribution in [0.4, 0.5) is 0 Å². The number of fused-ring (bicyclic) bond motifs is 1. The molecular formula is C27H31N3O4S. The fourth-order valence-corrected chi connectivity index (χ4v) is 7.65. The van der Waals surface area contributed by atoms with Crippen LogP contribution in [0, 0.1) is 0 Å². The summed E-state index contributed by atoms with van der Waals surface area (Å²) in [6.07, 6.45) is 6.58. The van der Waals surface area contributed by atoms with E-state index >= 15 is 0 Å². The molecule has 5 rings (SSSR count). The molecule has 1 saturated carbocycles. The van der Waals surface area contributed by atoms with Crippen molar-refractivity contribution in [2.75, 3.05) is 6.54 Å². The van der Waals surface area contributed by atoms with E-state index in [1.807, 2.05) is 12.1 Å². The minimum atomic E-state index is -3.72. The highest BCUT2D eigenvalue weighted by Gasteiger charge is 2.51. The summed E-state index contributed by atoms with van der Waals surface area (Å²) < 4.78 is 28.8. The zero-order valence-electron chi connectivity index (χ0n) is 19.7. The fraction of sp³-hybridized carbons (Fsp3) is 0.407. The third kappa shape index (κ3) is 4.52. The number of rotatable bonds is 6. The van der Waals surface area contributed by atoms with Gasteiger partial charge in [0.2, 0.25) is 15.9 Å². The van der Waals surface area contributed by atoms with Crippen LogP contribution in [0.5, 0.6) is 0 Å². The molecule has 2 fully saturated rings. The van der Waals surface area contributed by atoms with E-state index in [1.54, 1.807) is 16.4 Å². The van der Waals surface area contributed by atoms with Crippen LogP contribution in [0.25, 0.3) is 0 Å². The summed E-state index contributed by atoms with van der Waals surface area (Å²) in [5, 5.41) is 6.02. The molecule has 0 radical (unpaired) electrons. The first-order valence-corrected chi connectivity index (χ1v) is 13.7. The van der Waals surface area contributed by atoms with Gasteiger partial charge in [-0.05, 0) is 86.4 Å². The molecule has 1 heterocycles. The number of carbonyl (C=O) groups excluding carboxylic acids is 2. The topological polar surface area (TPSA) is 95.6 Å². The number of sulfonamides is 1. The normalized spacial score (nSPS) is 21.7. The average Bonchev–Trinajstić information content (AvgIpc) is 3.25. The molecule has 0 aromatic heterocycles. The van der Waals surface area contributed by atoms with Gasteiger partial charge in [-0.15, -0.1) is 0 Å². The molecule has 1 aliphatic heterocycles. The van der Waals surface area contributed by atoms with Crippen molar-refractivity contribution in [2.24, 2.45) is 0 Å². The second-order valence-corrected chi connectivity index (χ2v) is 11.8. The lowest BCUT2D eigenvalue weighted by atomic mass is 9.70. The molecular weight excluding hydrogens is 462 g/mol. The maximum Gasteiger partial charge on any atom is 0.251 e. The van der Waals surface area contributed by atoms with E-state index in [1.165, 1.54) is 29.3 Å². The zero-order chi connectivity index (χ0) is 24.6. The lowest BCUT2D eigenvalue weighted by Gasteiger charge is -2.54. The SMILES string of the molecule is C=CC(=O)NC1CCN(S(=O)(=O)c2ccc(C(=O)NC3Cc4ccccc4C3)cc2)C2(CCC2)C1. The smallest absolute Gasteiger partial charge is 0.251 e. The number of nitrogens with zero attached hydrogens (tertiary/aromatic N) is 1. The van der Waals surface area contributed by atoms with Crippen LogP contribution in [0.3, 0.4) is 0 Å². The van der Waals surface area contributed by atoms with Crippen molar-refractivity contribution in [3.05, 3.63) is 77.9 Å². The molecule has 1 spiro atoms. The Balaban J connectivity index is 1.27. The van der Waals surface area contributed by atoms with E-state index in [2.05, 4.69) is 29.3 Å². The molecule has 2 N–H and O–H groups in total. The van der Waals surface area contributed by atoms with E-state index in [9.17, 15) is 18.0 Å². The van der Waals surface area contributed by atoms with E-state index in [0.29, 0.717) is 24.9 Å². The monoisotopic (exact) mass is 493 g/mol. The van der Waals surface area contributed by atoms with Gasteiger partial charge in [-0.1, -0.05) is 30.8 Å². The summed E-state index contributed by atoms with van der Waals surface area (Å²) in [5.74, 6) is -0.419. The first-order valence-electron chi connectivity index (χ1n) is 12.2. The molecule has 2 aromatic rings. The van der Waals surface area contributed by atoms with Crippen molar-refractivity contribution in [1.29, 1.82) is 0 Å². The Morgan fingerprint density at radius 1 is 0.971 bits per heavy atom. The predicted molar refractivity (Wildman–Crippen MR) is 133 cm³/mol. The molecule has 3 aliphatic rings. The predicted octanol–water partition coefficient (Wildman–Crippen LogP) is 2.96. The molecule has 35 heavy (non-hydrogen) atoms. The standard InChI is InChI=1S/C27H31N3O4S/c1-2-25(31)28-22-12-15-30(27(18-22)13-5-14-27)35(33,34)24-10-8-19(9-11-24)26(32)29-23-16-20-6-3-4-7-21(20)17-23/h2-4,6-11,22-23H,1,5,12-18H2,(H,28,31)(H,29,32). The van der Waals surface area contributed by atoms with Crippen molar-refractivity contribution in [2.45, 2.75) is 67.5 Å². The number of benzene rings is 2. The summed E-state index contributed by atoms with van der Waals surface area (Å²) in [5.41, 5.74) is 2.52. The highest BCUT2D eigenvalue weighted by molar-refractivity contribution is 7.89. The van der Waals surface area contributed by atoms with Crippen molar-refractivity contribution >= 4 is 21.8 Å². The highest BCUT2D eigenvalue weighted by Crippen LogP contribution is 2.46. The van der Waals surface area contributed by atoms with Gasteiger partial charge in [0.25, 0.3) is 5.91 Å². The first-order chi connectivity index (χ1) is 16.8. The summed E-state index contributed by atoms with van der Waals surface area (Å²) >= 11 is 0. The molecule has 2 aliphatic carbocycles. The van der Waals surface area contributed by atoms with Crippen molar-refractivity contribution in [3.63, 3.8) is 0 Å². The van der Waals surface area contributed by atoms with E-state index in [4.69, 9.17) is 0 Å². The van der Waals surface area contributed by atoms with E-state index in [-0.39, 0.29) is 28.8 Å². The average molecular weight is 494 g/mol. The van der Waals surface area contributed by atoms with Crippen LogP contribution in [0.15, 0.2) is 66.1 Å². The molecule has 7 nitrogen and oxygen atoms in total. The quantitative estimate of drug-likeness (QED) is 0.605.